The van der Waals surface area contributed by atoms with E-state index in [1.54, 1.807) is 0 Å². The lowest BCUT2D eigenvalue weighted by Crippen LogP contribution is -2.23. The number of nitrogen functional groups attached to an aromatic ring is 1. The van der Waals surface area contributed by atoms with Gasteiger partial charge < -0.3 is 15.8 Å². The third-order valence-electron chi connectivity index (χ3n) is 3.26. The van der Waals surface area contributed by atoms with E-state index in [2.05, 4.69) is 12.2 Å². The average Bonchev–Trinajstić information content (AvgIpc) is 2.75. The van der Waals surface area contributed by atoms with Crippen molar-refractivity contribution in [1.82, 2.24) is 0 Å². The summed E-state index contributed by atoms with van der Waals surface area (Å²) in [6.07, 6.45) is 2.66. The molecule has 1 aliphatic rings. The Labute approximate surface area is 97.0 Å². The molecule has 1 saturated heterocycles. The maximum absolute atomic E-state index is 5.88. The van der Waals surface area contributed by atoms with Crippen LogP contribution in [0.25, 0.3) is 0 Å². The summed E-state index contributed by atoms with van der Waals surface area (Å²) in [5.74, 6) is 0.615. The maximum atomic E-state index is 5.88. The fourth-order valence-corrected chi connectivity index (χ4v) is 2.28. The minimum Gasteiger partial charge on any atom is -0.397 e. The molecule has 1 aliphatic heterocycles. The van der Waals surface area contributed by atoms with Crippen LogP contribution >= 0.6 is 0 Å². The summed E-state index contributed by atoms with van der Waals surface area (Å²) in [5, 5.41) is 3.41. The number of nitrogens with two attached hydrogens (primary N) is 1. The third kappa shape index (κ3) is 2.47. The van der Waals surface area contributed by atoms with Crippen LogP contribution in [0.15, 0.2) is 24.3 Å². The number of nitrogens with one attached hydrogen (secondary N) is 1. The van der Waals surface area contributed by atoms with Gasteiger partial charge in [0.25, 0.3) is 0 Å². The molecule has 88 valence electrons. The van der Waals surface area contributed by atoms with Gasteiger partial charge in [0.2, 0.25) is 0 Å². The molecular weight excluding hydrogens is 200 g/mol. The summed E-state index contributed by atoms with van der Waals surface area (Å²) in [7, 11) is 0. The zero-order chi connectivity index (χ0) is 11.4. The van der Waals surface area contributed by atoms with E-state index < -0.39 is 0 Å². The molecular formula is C13H20N2O. The van der Waals surface area contributed by atoms with Crippen LogP contribution in [-0.2, 0) is 4.74 Å². The first-order valence-electron chi connectivity index (χ1n) is 6.01. The third-order valence-corrected chi connectivity index (χ3v) is 3.26. The average molecular weight is 220 g/mol. The van der Waals surface area contributed by atoms with Gasteiger partial charge in [0.15, 0.2) is 0 Å². The van der Waals surface area contributed by atoms with E-state index in [0.29, 0.717) is 12.0 Å². The number of ether oxygens (including phenoxy) is 1. The van der Waals surface area contributed by atoms with Crippen molar-refractivity contribution >= 4 is 11.4 Å². The standard InChI is InChI=1S/C13H20N2O/c1-2-13-10(7-8-16-13)9-15-12-6-4-3-5-11(12)14/h3-6,10,13,15H,2,7-9,14H2,1H3. The Morgan fingerprint density at radius 3 is 3.00 bits per heavy atom. The fourth-order valence-electron chi connectivity index (χ4n) is 2.28. The van der Waals surface area contributed by atoms with Crippen LogP contribution in [-0.4, -0.2) is 19.3 Å². The van der Waals surface area contributed by atoms with Crippen molar-refractivity contribution < 1.29 is 4.74 Å². The summed E-state index contributed by atoms with van der Waals surface area (Å²) in [6, 6.07) is 7.89. The molecule has 1 fully saturated rings. The van der Waals surface area contributed by atoms with Crippen molar-refractivity contribution in [3.63, 3.8) is 0 Å². The molecule has 2 unspecified atom stereocenters. The maximum Gasteiger partial charge on any atom is 0.0618 e. The highest BCUT2D eigenvalue weighted by atomic mass is 16.5. The molecule has 0 aliphatic carbocycles. The minimum atomic E-state index is 0.414. The van der Waals surface area contributed by atoms with Gasteiger partial charge in [-0.1, -0.05) is 19.1 Å². The molecule has 3 nitrogen and oxygen atoms in total. The summed E-state index contributed by atoms with van der Waals surface area (Å²) in [4.78, 5) is 0. The summed E-state index contributed by atoms with van der Waals surface area (Å²) in [5.41, 5.74) is 7.72. The van der Waals surface area contributed by atoms with Crippen molar-refractivity contribution in [3.8, 4) is 0 Å². The van der Waals surface area contributed by atoms with Gasteiger partial charge in [-0.2, -0.15) is 0 Å². The lowest BCUT2D eigenvalue weighted by atomic mass is 9.99. The highest BCUT2D eigenvalue weighted by Crippen LogP contribution is 2.25. The molecule has 1 aromatic carbocycles. The topological polar surface area (TPSA) is 47.3 Å². The highest BCUT2D eigenvalue weighted by Gasteiger charge is 2.26. The van der Waals surface area contributed by atoms with E-state index in [1.807, 2.05) is 24.3 Å². The first kappa shape index (κ1) is 11.3. The number of para-hydroxylation sites is 2. The summed E-state index contributed by atoms with van der Waals surface area (Å²) in [6.45, 7) is 4.03. The molecule has 3 N–H and O–H groups in total. The van der Waals surface area contributed by atoms with E-state index in [0.717, 1.165) is 37.4 Å². The summed E-state index contributed by atoms with van der Waals surface area (Å²) >= 11 is 0. The zero-order valence-electron chi connectivity index (χ0n) is 9.78. The van der Waals surface area contributed by atoms with E-state index in [9.17, 15) is 0 Å². The Hall–Kier alpha value is -1.22. The number of rotatable bonds is 4. The lowest BCUT2D eigenvalue weighted by molar-refractivity contribution is 0.0900. The quantitative estimate of drug-likeness (QED) is 0.766. The molecule has 16 heavy (non-hydrogen) atoms. The second-order valence-electron chi connectivity index (χ2n) is 4.33. The molecule has 1 aromatic rings. The number of benzene rings is 1. The normalized spacial score (nSPS) is 24.6. The van der Waals surface area contributed by atoms with Gasteiger partial charge in [-0.3, -0.25) is 0 Å². The van der Waals surface area contributed by atoms with E-state index in [4.69, 9.17) is 10.5 Å². The van der Waals surface area contributed by atoms with Crippen LogP contribution in [0.1, 0.15) is 19.8 Å². The number of hydrogen-bond donors (Lipinski definition) is 2. The largest absolute Gasteiger partial charge is 0.397 e. The van der Waals surface area contributed by atoms with Crippen LogP contribution in [0.2, 0.25) is 0 Å². The molecule has 0 aromatic heterocycles. The van der Waals surface area contributed by atoms with Gasteiger partial charge in [-0.15, -0.1) is 0 Å². The molecule has 0 saturated carbocycles. The SMILES string of the molecule is CCC1OCCC1CNc1ccccc1N. The first-order chi connectivity index (χ1) is 7.81. The van der Waals surface area contributed by atoms with Gasteiger partial charge in [0.05, 0.1) is 17.5 Å². The van der Waals surface area contributed by atoms with Crippen molar-refractivity contribution in [3.05, 3.63) is 24.3 Å². The van der Waals surface area contributed by atoms with Gasteiger partial charge in [-0.25, -0.2) is 0 Å². The molecule has 0 radical (unpaired) electrons. The van der Waals surface area contributed by atoms with Crippen molar-refractivity contribution in [2.45, 2.75) is 25.9 Å². The predicted octanol–water partition coefficient (Wildman–Crippen LogP) is 2.50. The zero-order valence-corrected chi connectivity index (χ0v) is 9.78. The molecule has 0 amide bonds. The van der Waals surface area contributed by atoms with E-state index in [1.165, 1.54) is 0 Å². The molecule has 3 heteroatoms. The van der Waals surface area contributed by atoms with Gasteiger partial charge in [-0.05, 0) is 25.0 Å². The van der Waals surface area contributed by atoms with Crippen LogP contribution < -0.4 is 11.1 Å². The summed E-state index contributed by atoms with van der Waals surface area (Å²) < 4.78 is 5.66. The fraction of sp³-hybridized carbons (Fsp3) is 0.538. The Kier molecular flexibility index (Phi) is 3.67. The molecule has 2 atom stereocenters. The molecule has 2 rings (SSSR count). The van der Waals surface area contributed by atoms with Crippen LogP contribution in [0.3, 0.4) is 0 Å². The van der Waals surface area contributed by atoms with Crippen LogP contribution in [0.5, 0.6) is 0 Å². The Morgan fingerprint density at radius 2 is 2.25 bits per heavy atom. The van der Waals surface area contributed by atoms with Gasteiger partial charge in [0.1, 0.15) is 0 Å². The van der Waals surface area contributed by atoms with Crippen molar-refractivity contribution in [2.24, 2.45) is 5.92 Å². The number of anilines is 2. The second kappa shape index (κ2) is 5.21. The minimum absolute atomic E-state index is 0.414. The Bertz CT molecular complexity index is 340. The van der Waals surface area contributed by atoms with Crippen molar-refractivity contribution in [1.29, 1.82) is 0 Å². The van der Waals surface area contributed by atoms with E-state index >= 15 is 0 Å². The number of hydrogen-bond acceptors (Lipinski definition) is 3. The predicted molar refractivity (Wildman–Crippen MR) is 67.5 cm³/mol. The molecule has 0 bridgehead atoms. The van der Waals surface area contributed by atoms with Crippen LogP contribution in [0.4, 0.5) is 11.4 Å². The highest BCUT2D eigenvalue weighted by molar-refractivity contribution is 5.65. The van der Waals surface area contributed by atoms with Gasteiger partial charge >= 0.3 is 0 Å². The lowest BCUT2D eigenvalue weighted by Gasteiger charge is -2.18. The Morgan fingerprint density at radius 1 is 1.44 bits per heavy atom. The molecule has 1 heterocycles. The first-order valence-corrected chi connectivity index (χ1v) is 6.01. The molecule has 0 spiro atoms. The Balaban J connectivity index is 1.90. The van der Waals surface area contributed by atoms with E-state index in [-0.39, 0.29) is 0 Å². The second-order valence-corrected chi connectivity index (χ2v) is 4.33. The monoisotopic (exact) mass is 220 g/mol. The van der Waals surface area contributed by atoms with Crippen LogP contribution in [0, 0.1) is 5.92 Å². The van der Waals surface area contributed by atoms with Gasteiger partial charge in [0, 0.05) is 19.1 Å². The smallest absolute Gasteiger partial charge is 0.0618 e. The van der Waals surface area contributed by atoms with Crippen molar-refractivity contribution in [2.75, 3.05) is 24.2 Å².